The molecule has 0 unspecified atom stereocenters. The number of benzene rings is 1. The zero-order valence-corrected chi connectivity index (χ0v) is 12.4. The Labute approximate surface area is 124 Å². The van der Waals surface area contributed by atoms with E-state index in [0.29, 0.717) is 10.2 Å². The Hall–Kier alpha value is -1.48. The Bertz CT molecular complexity index is 657. The number of rotatable bonds is 2. The highest BCUT2D eigenvalue weighted by molar-refractivity contribution is 9.10. The zero-order chi connectivity index (χ0) is 14.9. The van der Waals surface area contributed by atoms with Gasteiger partial charge in [-0.1, -0.05) is 4.49 Å². The number of anilines is 1. The molecule has 0 saturated carbocycles. The summed E-state index contributed by atoms with van der Waals surface area (Å²) in [6, 6.07) is 3.03. The van der Waals surface area contributed by atoms with Crippen LogP contribution >= 0.6 is 27.5 Å². The van der Waals surface area contributed by atoms with Gasteiger partial charge in [0.1, 0.15) is 4.88 Å². The van der Waals surface area contributed by atoms with Crippen molar-refractivity contribution in [3.05, 3.63) is 38.8 Å². The molecule has 0 saturated heterocycles. The quantitative estimate of drug-likeness (QED) is 0.878. The molecule has 1 aromatic carbocycles. The van der Waals surface area contributed by atoms with E-state index in [9.17, 15) is 18.0 Å². The molecule has 0 aliphatic rings. The van der Waals surface area contributed by atoms with Gasteiger partial charge in [-0.3, -0.25) is 4.79 Å². The largest absolute Gasteiger partial charge is 0.416 e. The second kappa shape index (κ2) is 5.49. The summed E-state index contributed by atoms with van der Waals surface area (Å²) in [6.07, 6.45) is -4.47. The van der Waals surface area contributed by atoms with Crippen LogP contribution in [-0.2, 0) is 6.18 Å². The molecule has 20 heavy (non-hydrogen) atoms. The minimum Gasteiger partial charge on any atom is -0.320 e. The van der Waals surface area contributed by atoms with Crippen LogP contribution in [0.25, 0.3) is 0 Å². The van der Waals surface area contributed by atoms with Crippen LogP contribution < -0.4 is 5.32 Å². The third-order valence-corrected chi connectivity index (χ3v) is 3.92. The minimum atomic E-state index is -4.47. The Morgan fingerprint density at radius 3 is 2.65 bits per heavy atom. The number of aryl methyl sites for hydroxylation is 1. The van der Waals surface area contributed by atoms with E-state index in [1.807, 2.05) is 0 Å². The summed E-state index contributed by atoms with van der Waals surface area (Å²) >= 11 is 3.98. The van der Waals surface area contributed by atoms with Gasteiger partial charge in [0.25, 0.3) is 5.91 Å². The highest BCUT2D eigenvalue weighted by atomic mass is 79.9. The lowest BCUT2D eigenvalue weighted by Gasteiger charge is -2.11. The number of carbonyl (C=O) groups excluding carboxylic acids is 1. The maximum Gasteiger partial charge on any atom is 0.416 e. The summed E-state index contributed by atoms with van der Waals surface area (Å²) < 4.78 is 41.8. The lowest BCUT2D eigenvalue weighted by molar-refractivity contribution is -0.137. The van der Waals surface area contributed by atoms with Crippen LogP contribution in [-0.4, -0.2) is 15.5 Å². The van der Waals surface area contributed by atoms with Crippen molar-refractivity contribution >= 4 is 39.1 Å². The topological polar surface area (TPSA) is 54.9 Å². The van der Waals surface area contributed by atoms with Gasteiger partial charge in [-0.25, -0.2) is 0 Å². The number of nitrogens with one attached hydrogen (secondary N) is 1. The van der Waals surface area contributed by atoms with Crippen molar-refractivity contribution in [2.75, 3.05) is 5.32 Å². The van der Waals surface area contributed by atoms with E-state index in [0.717, 1.165) is 23.7 Å². The van der Waals surface area contributed by atoms with Crippen molar-refractivity contribution in [3.8, 4) is 0 Å². The molecular formula is C11H7BrF3N3OS. The molecule has 9 heteroatoms. The molecule has 0 aliphatic heterocycles. The van der Waals surface area contributed by atoms with Gasteiger partial charge in [-0.05, 0) is 52.6 Å². The maximum atomic E-state index is 12.6. The standard InChI is InChI=1S/C11H7BrF3N3OS/c1-5-9(20-18-17-5)10(19)16-8-4-6(11(13,14)15)2-3-7(8)12/h2-4H,1H3,(H,16,19). The van der Waals surface area contributed by atoms with Crippen molar-refractivity contribution in [3.63, 3.8) is 0 Å². The second-order valence-corrected chi connectivity index (χ2v) is 5.44. The van der Waals surface area contributed by atoms with Crippen LogP contribution in [0, 0.1) is 6.92 Å². The third kappa shape index (κ3) is 3.15. The van der Waals surface area contributed by atoms with Crippen LogP contribution in [0.15, 0.2) is 22.7 Å². The smallest absolute Gasteiger partial charge is 0.320 e. The normalized spacial score (nSPS) is 11.4. The number of hydrogen-bond acceptors (Lipinski definition) is 4. The Balaban J connectivity index is 2.30. The number of aromatic nitrogens is 2. The summed E-state index contributed by atoms with van der Waals surface area (Å²) in [5.41, 5.74) is -0.372. The first-order chi connectivity index (χ1) is 9.29. The molecule has 4 nitrogen and oxygen atoms in total. The molecule has 2 rings (SSSR count). The molecule has 1 heterocycles. The Morgan fingerprint density at radius 1 is 1.40 bits per heavy atom. The van der Waals surface area contributed by atoms with Crippen LogP contribution in [0.3, 0.4) is 0 Å². The predicted octanol–water partition coefficient (Wildman–Crippen LogP) is 3.88. The maximum absolute atomic E-state index is 12.6. The SMILES string of the molecule is Cc1nnsc1C(=O)Nc1cc(C(F)(F)F)ccc1Br. The van der Waals surface area contributed by atoms with Crippen LogP contribution in [0.4, 0.5) is 18.9 Å². The molecular weight excluding hydrogens is 359 g/mol. The van der Waals surface area contributed by atoms with E-state index in [1.165, 1.54) is 6.07 Å². The van der Waals surface area contributed by atoms with Gasteiger partial charge in [0, 0.05) is 4.47 Å². The number of alkyl halides is 3. The molecule has 1 N–H and O–H groups in total. The van der Waals surface area contributed by atoms with Crippen molar-refractivity contribution in [2.24, 2.45) is 0 Å². The molecule has 1 aromatic heterocycles. The highest BCUT2D eigenvalue weighted by Crippen LogP contribution is 2.34. The van der Waals surface area contributed by atoms with E-state index in [1.54, 1.807) is 6.92 Å². The first-order valence-electron chi connectivity index (χ1n) is 5.26. The zero-order valence-electron chi connectivity index (χ0n) is 9.95. The van der Waals surface area contributed by atoms with Gasteiger partial charge < -0.3 is 5.32 Å². The molecule has 106 valence electrons. The lowest BCUT2D eigenvalue weighted by atomic mass is 10.2. The summed E-state index contributed by atoms with van der Waals surface area (Å²) in [4.78, 5) is 12.2. The van der Waals surface area contributed by atoms with Gasteiger partial charge in [0.15, 0.2) is 0 Å². The van der Waals surface area contributed by atoms with Crippen molar-refractivity contribution in [2.45, 2.75) is 13.1 Å². The van der Waals surface area contributed by atoms with Crippen molar-refractivity contribution in [1.29, 1.82) is 0 Å². The van der Waals surface area contributed by atoms with E-state index in [-0.39, 0.29) is 10.6 Å². The molecule has 1 amide bonds. The van der Waals surface area contributed by atoms with E-state index in [4.69, 9.17) is 0 Å². The molecule has 0 radical (unpaired) electrons. The van der Waals surface area contributed by atoms with Crippen LogP contribution in [0.2, 0.25) is 0 Å². The highest BCUT2D eigenvalue weighted by Gasteiger charge is 2.31. The Morgan fingerprint density at radius 2 is 2.10 bits per heavy atom. The van der Waals surface area contributed by atoms with Gasteiger partial charge in [-0.2, -0.15) is 13.2 Å². The predicted molar refractivity (Wildman–Crippen MR) is 71.7 cm³/mol. The van der Waals surface area contributed by atoms with Gasteiger partial charge >= 0.3 is 6.18 Å². The number of carbonyl (C=O) groups is 1. The summed E-state index contributed by atoms with van der Waals surface area (Å²) in [5, 5.41) is 6.09. The minimum absolute atomic E-state index is 0.0395. The van der Waals surface area contributed by atoms with E-state index >= 15 is 0 Å². The summed E-state index contributed by atoms with van der Waals surface area (Å²) in [5.74, 6) is -0.544. The monoisotopic (exact) mass is 365 g/mol. The van der Waals surface area contributed by atoms with E-state index in [2.05, 4.69) is 30.8 Å². The van der Waals surface area contributed by atoms with Crippen molar-refractivity contribution < 1.29 is 18.0 Å². The molecule has 0 spiro atoms. The first kappa shape index (κ1) is 14.9. The van der Waals surface area contributed by atoms with Crippen LogP contribution in [0.5, 0.6) is 0 Å². The van der Waals surface area contributed by atoms with Crippen LogP contribution in [0.1, 0.15) is 20.9 Å². The number of nitrogens with zero attached hydrogens (tertiary/aromatic N) is 2. The fourth-order valence-corrected chi connectivity index (χ4v) is 2.31. The number of halogens is 4. The fourth-order valence-electron chi connectivity index (χ4n) is 1.42. The average Bonchev–Trinajstić information content (AvgIpc) is 2.77. The lowest BCUT2D eigenvalue weighted by Crippen LogP contribution is -2.13. The average molecular weight is 366 g/mol. The first-order valence-corrected chi connectivity index (χ1v) is 6.82. The fraction of sp³-hybridized carbons (Fsp3) is 0.182. The van der Waals surface area contributed by atoms with Crippen molar-refractivity contribution in [1.82, 2.24) is 9.59 Å². The number of amides is 1. The Kier molecular flexibility index (Phi) is 4.09. The molecule has 2 aromatic rings. The van der Waals surface area contributed by atoms with Gasteiger partial charge in [0.2, 0.25) is 0 Å². The number of hydrogen-bond donors (Lipinski definition) is 1. The molecule has 0 bridgehead atoms. The molecule has 0 atom stereocenters. The third-order valence-electron chi connectivity index (χ3n) is 2.40. The summed E-state index contributed by atoms with van der Waals surface area (Å²) in [6.45, 7) is 1.60. The van der Waals surface area contributed by atoms with Gasteiger partial charge in [-0.15, -0.1) is 5.10 Å². The second-order valence-electron chi connectivity index (χ2n) is 3.83. The summed E-state index contributed by atoms with van der Waals surface area (Å²) in [7, 11) is 0. The van der Waals surface area contributed by atoms with E-state index < -0.39 is 17.6 Å². The van der Waals surface area contributed by atoms with Gasteiger partial charge in [0.05, 0.1) is 16.9 Å². The molecule has 0 aliphatic carbocycles. The molecule has 0 fully saturated rings.